The third kappa shape index (κ3) is 1.65. The van der Waals surface area contributed by atoms with Crippen LogP contribution in [0.3, 0.4) is 0 Å². The number of nitrogens with two attached hydrogens (primary N) is 1. The number of fused-ring (bicyclic) bond motifs is 1. The molecule has 4 heteroatoms. The molecule has 2 heterocycles. The Balaban J connectivity index is 1.96. The van der Waals surface area contributed by atoms with Gasteiger partial charge in [-0.25, -0.2) is 4.98 Å². The van der Waals surface area contributed by atoms with Crippen LogP contribution in [0.2, 0.25) is 0 Å². The lowest BCUT2D eigenvalue weighted by atomic mass is 10.0. The first kappa shape index (κ1) is 9.66. The Morgan fingerprint density at radius 1 is 1.50 bits per heavy atom. The topological polar surface area (TPSA) is 48.1 Å². The summed E-state index contributed by atoms with van der Waals surface area (Å²) in [4.78, 5) is 4.33. The molecule has 0 saturated carbocycles. The highest BCUT2D eigenvalue weighted by atomic mass is 32.1. The van der Waals surface area contributed by atoms with Crippen LogP contribution < -0.4 is 5.73 Å². The molecule has 1 aliphatic heterocycles. The van der Waals surface area contributed by atoms with Crippen molar-refractivity contribution in [2.75, 3.05) is 12.3 Å². The van der Waals surface area contributed by atoms with E-state index in [0.29, 0.717) is 5.13 Å². The number of aromatic nitrogens is 1. The second-order valence-electron chi connectivity index (χ2n) is 3.84. The fourth-order valence-electron chi connectivity index (χ4n) is 1.98. The van der Waals surface area contributed by atoms with Gasteiger partial charge in [0, 0.05) is 17.7 Å². The van der Waals surface area contributed by atoms with Gasteiger partial charge in [0.25, 0.3) is 0 Å². The molecule has 0 spiro atoms. The number of anilines is 1. The molecule has 2 N–H and O–H groups in total. The van der Waals surface area contributed by atoms with Crippen LogP contribution in [0.15, 0.2) is 41.0 Å². The van der Waals surface area contributed by atoms with Crippen molar-refractivity contribution >= 4 is 16.5 Å². The van der Waals surface area contributed by atoms with Crippen LogP contribution in [0.5, 0.6) is 0 Å². The number of nitrogen functional groups attached to an aromatic ring is 1. The zero-order valence-corrected chi connectivity index (χ0v) is 9.54. The van der Waals surface area contributed by atoms with Gasteiger partial charge in [-0.05, 0) is 11.6 Å². The Labute approximate surface area is 97.9 Å². The summed E-state index contributed by atoms with van der Waals surface area (Å²) in [5.74, 6) is 1.22. The van der Waals surface area contributed by atoms with Crippen molar-refractivity contribution in [1.29, 1.82) is 0 Å². The van der Waals surface area contributed by atoms with Crippen molar-refractivity contribution in [3.05, 3.63) is 46.7 Å². The van der Waals surface area contributed by atoms with Crippen LogP contribution in [0, 0.1) is 0 Å². The molecule has 82 valence electrons. The number of allylic oxidation sites excluding steroid dienone is 5. The number of ether oxygens (including phenoxy) is 1. The number of rotatable bonds is 1. The minimum absolute atomic E-state index is 0.221. The van der Waals surface area contributed by atoms with E-state index in [9.17, 15) is 0 Å². The molecule has 0 aromatic carbocycles. The Morgan fingerprint density at radius 3 is 3.25 bits per heavy atom. The zero-order valence-electron chi connectivity index (χ0n) is 8.72. The normalized spacial score (nSPS) is 23.1. The maximum atomic E-state index is 5.66. The summed E-state index contributed by atoms with van der Waals surface area (Å²) in [6.45, 7) is 0.789. The lowest BCUT2D eigenvalue weighted by Gasteiger charge is -2.04. The summed E-state index contributed by atoms with van der Waals surface area (Å²) in [5, 5.41) is 2.64. The monoisotopic (exact) mass is 232 g/mol. The van der Waals surface area contributed by atoms with Crippen molar-refractivity contribution in [2.24, 2.45) is 0 Å². The third-order valence-electron chi connectivity index (χ3n) is 2.77. The van der Waals surface area contributed by atoms with Crippen LogP contribution in [-0.2, 0) is 4.74 Å². The van der Waals surface area contributed by atoms with Gasteiger partial charge in [0.15, 0.2) is 5.13 Å². The molecule has 1 unspecified atom stereocenters. The van der Waals surface area contributed by atoms with E-state index in [4.69, 9.17) is 10.5 Å². The largest absolute Gasteiger partial charge is 0.493 e. The standard InChI is InChI=1S/C12H12N2OS/c13-12-14-10(7-16-12)8-2-1-3-11-9(6-8)4-5-15-11/h1-3,6-8H,4-5H2,(H2,13,14). The van der Waals surface area contributed by atoms with Crippen molar-refractivity contribution in [3.8, 4) is 0 Å². The average molecular weight is 232 g/mol. The molecular formula is C12H12N2OS. The van der Waals surface area contributed by atoms with E-state index in [1.54, 1.807) is 0 Å². The number of thiazole rings is 1. The molecule has 0 bridgehead atoms. The van der Waals surface area contributed by atoms with Gasteiger partial charge >= 0.3 is 0 Å². The molecule has 3 rings (SSSR count). The van der Waals surface area contributed by atoms with Gasteiger partial charge in [-0.3, -0.25) is 0 Å². The summed E-state index contributed by atoms with van der Waals surface area (Å²) in [6, 6.07) is 0. The highest BCUT2D eigenvalue weighted by Crippen LogP contribution is 2.32. The fraction of sp³-hybridized carbons (Fsp3) is 0.250. The van der Waals surface area contributed by atoms with E-state index in [1.165, 1.54) is 16.9 Å². The third-order valence-corrected chi connectivity index (χ3v) is 3.47. The van der Waals surface area contributed by atoms with Gasteiger partial charge in [-0.15, -0.1) is 11.3 Å². The van der Waals surface area contributed by atoms with E-state index in [1.807, 2.05) is 17.5 Å². The van der Waals surface area contributed by atoms with Crippen molar-refractivity contribution < 1.29 is 4.74 Å². The van der Waals surface area contributed by atoms with E-state index in [-0.39, 0.29) is 5.92 Å². The molecule has 1 aromatic rings. The number of nitrogens with zero attached hydrogens (tertiary/aromatic N) is 1. The van der Waals surface area contributed by atoms with E-state index < -0.39 is 0 Å². The van der Waals surface area contributed by atoms with Gasteiger partial charge in [-0.1, -0.05) is 18.2 Å². The molecule has 1 saturated heterocycles. The lowest BCUT2D eigenvalue weighted by Crippen LogP contribution is -1.94. The quantitative estimate of drug-likeness (QED) is 0.809. The van der Waals surface area contributed by atoms with Crippen LogP contribution in [-0.4, -0.2) is 11.6 Å². The smallest absolute Gasteiger partial charge is 0.180 e. The number of hydrogen-bond donors (Lipinski definition) is 1. The Morgan fingerprint density at radius 2 is 2.44 bits per heavy atom. The summed E-state index contributed by atoms with van der Waals surface area (Å²) < 4.78 is 5.53. The molecular weight excluding hydrogens is 220 g/mol. The summed E-state index contributed by atoms with van der Waals surface area (Å²) in [6.07, 6.45) is 9.38. The molecule has 2 aliphatic rings. The van der Waals surface area contributed by atoms with E-state index >= 15 is 0 Å². The van der Waals surface area contributed by atoms with Crippen molar-refractivity contribution in [1.82, 2.24) is 4.98 Å². The Hall–Kier alpha value is -1.55. The molecule has 0 amide bonds. The molecule has 1 fully saturated rings. The molecule has 1 atom stereocenters. The van der Waals surface area contributed by atoms with Crippen molar-refractivity contribution in [3.63, 3.8) is 0 Å². The molecule has 16 heavy (non-hydrogen) atoms. The summed E-state index contributed by atoms with van der Waals surface area (Å²) in [5.41, 5.74) is 7.96. The van der Waals surface area contributed by atoms with E-state index in [2.05, 4.69) is 17.1 Å². The summed E-state index contributed by atoms with van der Waals surface area (Å²) >= 11 is 1.49. The average Bonchev–Trinajstić information content (AvgIpc) is 2.83. The molecule has 1 aromatic heterocycles. The van der Waals surface area contributed by atoms with Gasteiger partial charge in [0.05, 0.1) is 12.3 Å². The second-order valence-corrected chi connectivity index (χ2v) is 4.73. The molecule has 0 radical (unpaired) electrons. The first-order valence-electron chi connectivity index (χ1n) is 5.26. The predicted molar refractivity (Wildman–Crippen MR) is 65.1 cm³/mol. The van der Waals surface area contributed by atoms with Crippen LogP contribution in [0.1, 0.15) is 18.0 Å². The Kier molecular flexibility index (Phi) is 2.29. The first-order valence-corrected chi connectivity index (χ1v) is 6.14. The number of hydrogen-bond acceptors (Lipinski definition) is 4. The Bertz CT molecular complexity index is 499. The molecule has 3 nitrogen and oxygen atoms in total. The molecule has 1 aliphatic carbocycles. The van der Waals surface area contributed by atoms with Gasteiger partial charge in [-0.2, -0.15) is 0 Å². The predicted octanol–water partition coefficient (Wildman–Crippen LogP) is 2.61. The van der Waals surface area contributed by atoms with Gasteiger partial charge in [0.2, 0.25) is 0 Å². The maximum Gasteiger partial charge on any atom is 0.180 e. The van der Waals surface area contributed by atoms with E-state index in [0.717, 1.165) is 24.5 Å². The van der Waals surface area contributed by atoms with Crippen LogP contribution in [0.4, 0.5) is 5.13 Å². The maximum absolute atomic E-state index is 5.66. The van der Waals surface area contributed by atoms with Crippen molar-refractivity contribution in [2.45, 2.75) is 12.3 Å². The van der Waals surface area contributed by atoms with Gasteiger partial charge in [0.1, 0.15) is 5.76 Å². The highest BCUT2D eigenvalue weighted by Gasteiger charge is 2.19. The van der Waals surface area contributed by atoms with Crippen LogP contribution >= 0.6 is 11.3 Å². The lowest BCUT2D eigenvalue weighted by molar-refractivity contribution is 0.266. The highest BCUT2D eigenvalue weighted by molar-refractivity contribution is 7.13. The minimum Gasteiger partial charge on any atom is -0.493 e. The zero-order chi connectivity index (χ0) is 11.0. The SMILES string of the molecule is Nc1nc(C2C=CC=C3OCCC3=C2)cs1. The van der Waals surface area contributed by atoms with Crippen LogP contribution in [0.25, 0.3) is 0 Å². The first-order chi connectivity index (χ1) is 7.83. The van der Waals surface area contributed by atoms with Gasteiger partial charge < -0.3 is 10.5 Å². The second kappa shape index (κ2) is 3.79. The minimum atomic E-state index is 0.221. The fourth-order valence-corrected chi connectivity index (χ4v) is 2.59. The summed E-state index contributed by atoms with van der Waals surface area (Å²) in [7, 11) is 0.